The first-order valence-electron chi connectivity index (χ1n) is 9.38. The number of nitrogens with zero attached hydrogens (tertiary/aromatic N) is 5. The van der Waals surface area contributed by atoms with Crippen molar-refractivity contribution in [3.63, 3.8) is 0 Å². The number of nitrogens with one attached hydrogen (secondary N) is 1. The van der Waals surface area contributed by atoms with Crippen LogP contribution in [0.3, 0.4) is 0 Å². The number of tetrazole rings is 1. The van der Waals surface area contributed by atoms with Crippen LogP contribution in [0.1, 0.15) is 11.6 Å². The van der Waals surface area contributed by atoms with Crippen LogP contribution in [0.15, 0.2) is 54.6 Å². The minimum absolute atomic E-state index is 0.177. The van der Waals surface area contributed by atoms with Crippen molar-refractivity contribution in [2.45, 2.75) is 6.04 Å². The number of morpholine rings is 1. The van der Waals surface area contributed by atoms with E-state index in [1.54, 1.807) is 11.8 Å². The number of rotatable bonds is 7. The lowest BCUT2D eigenvalue weighted by atomic mass is 10.0. The van der Waals surface area contributed by atoms with Gasteiger partial charge < -0.3 is 14.8 Å². The van der Waals surface area contributed by atoms with Crippen molar-refractivity contribution < 1.29 is 9.47 Å². The molecule has 146 valence electrons. The van der Waals surface area contributed by atoms with Crippen molar-refractivity contribution in [1.82, 2.24) is 25.1 Å². The van der Waals surface area contributed by atoms with Crippen molar-refractivity contribution in [2.24, 2.45) is 0 Å². The Morgan fingerprint density at radius 2 is 1.82 bits per heavy atom. The zero-order valence-electron chi connectivity index (χ0n) is 15.9. The highest BCUT2D eigenvalue weighted by Gasteiger charge is 2.23. The number of anilines is 1. The van der Waals surface area contributed by atoms with Crippen LogP contribution in [-0.4, -0.2) is 65.1 Å². The van der Waals surface area contributed by atoms with Crippen molar-refractivity contribution in [2.75, 3.05) is 45.3 Å². The van der Waals surface area contributed by atoms with Crippen LogP contribution in [0.5, 0.6) is 5.75 Å². The lowest BCUT2D eigenvalue weighted by molar-refractivity contribution is 0.0186. The summed E-state index contributed by atoms with van der Waals surface area (Å²) in [6.45, 7) is 3.95. The first-order chi connectivity index (χ1) is 13.8. The van der Waals surface area contributed by atoms with Gasteiger partial charge in [-0.3, -0.25) is 4.90 Å². The van der Waals surface area contributed by atoms with Crippen LogP contribution in [0.4, 0.5) is 5.95 Å². The van der Waals surface area contributed by atoms with Crippen molar-refractivity contribution in [1.29, 1.82) is 0 Å². The minimum Gasteiger partial charge on any atom is -0.497 e. The Balaban J connectivity index is 1.54. The number of hydrogen-bond donors (Lipinski definition) is 1. The molecule has 1 aliphatic heterocycles. The van der Waals surface area contributed by atoms with Crippen LogP contribution in [0.2, 0.25) is 0 Å². The molecule has 3 aromatic rings. The SMILES string of the molecule is COc1ccc([C@H](CNc2nnnn2-c2ccccc2)N2CCOCC2)cc1. The quantitative estimate of drug-likeness (QED) is 0.673. The first kappa shape index (κ1) is 18.4. The Morgan fingerprint density at radius 1 is 1.07 bits per heavy atom. The summed E-state index contributed by atoms with van der Waals surface area (Å²) in [6, 6.07) is 18.3. The molecule has 0 radical (unpaired) electrons. The predicted octanol–water partition coefficient (Wildman–Crippen LogP) is 2.16. The van der Waals surface area contributed by atoms with E-state index in [1.165, 1.54) is 5.56 Å². The molecule has 8 nitrogen and oxygen atoms in total. The molecule has 0 spiro atoms. The molecule has 0 amide bonds. The van der Waals surface area contributed by atoms with Gasteiger partial charge in [0.2, 0.25) is 5.95 Å². The van der Waals surface area contributed by atoms with E-state index < -0.39 is 0 Å². The summed E-state index contributed by atoms with van der Waals surface area (Å²) in [6.07, 6.45) is 0. The summed E-state index contributed by atoms with van der Waals surface area (Å²) < 4.78 is 12.5. The average Bonchev–Trinajstić information content (AvgIpc) is 3.24. The number of methoxy groups -OCH3 is 1. The Morgan fingerprint density at radius 3 is 2.54 bits per heavy atom. The zero-order valence-corrected chi connectivity index (χ0v) is 15.9. The molecule has 2 heterocycles. The van der Waals surface area contributed by atoms with E-state index in [2.05, 4.69) is 37.9 Å². The van der Waals surface area contributed by atoms with Gasteiger partial charge in [-0.05, 0) is 40.3 Å². The fourth-order valence-electron chi connectivity index (χ4n) is 3.40. The highest BCUT2D eigenvalue weighted by Crippen LogP contribution is 2.25. The number of hydrogen-bond acceptors (Lipinski definition) is 7. The number of aromatic nitrogens is 4. The van der Waals surface area contributed by atoms with Gasteiger partial charge in [-0.2, -0.15) is 4.68 Å². The van der Waals surface area contributed by atoms with E-state index in [1.807, 2.05) is 42.5 Å². The smallest absolute Gasteiger partial charge is 0.247 e. The van der Waals surface area contributed by atoms with Gasteiger partial charge in [-0.1, -0.05) is 35.4 Å². The third-order valence-electron chi connectivity index (χ3n) is 4.91. The van der Waals surface area contributed by atoms with Gasteiger partial charge in [0.05, 0.1) is 32.1 Å². The maximum Gasteiger partial charge on any atom is 0.247 e. The molecule has 0 aliphatic carbocycles. The Hall–Kier alpha value is -2.97. The van der Waals surface area contributed by atoms with E-state index in [0.717, 1.165) is 37.7 Å². The minimum atomic E-state index is 0.177. The third-order valence-corrected chi connectivity index (χ3v) is 4.91. The number of benzene rings is 2. The second-order valence-electron chi connectivity index (χ2n) is 6.57. The summed E-state index contributed by atoms with van der Waals surface area (Å²) >= 11 is 0. The van der Waals surface area contributed by atoms with Crippen LogP contribution in [0.25, 0.3) is 5.69 Å². The van der Waals surface area contributed by atoms with Gasteiger partial charge in [0.25, 0.3) is 0 Å². The standard InChI is InChI=1S/C20H24N6O2/c1-27-18-9-7-16(8-10-18)19(25-11-13-28-14-12-25)15-21-20-22-23-24-26(20)17-5-3-2-4-6-17/h2-10,19H,11-15H2,1H3,(H,21,22,24)/t19-/m0/s1. The molecule has 8 heteroatoms. The first-order valence-corrected chi connectivity index (χ1v) is 9.38. The van der Waals surface area contributed by atoms with Gasteiger partial charge in [0.15, 0.2) is 0 Å². The van der Waals surface area contributed by atoms with Gasteiger partial charge in [0.1, 0.15) is 5.75 Å². The Kier molecular flexibility index (Phi) is 5.79. The number of ether oxygens (including phenoxy) is 2. The maximum atomic E-state index is 5.53. The second kappa shape index (κ2) is 8.81. The highest BCUT2D eigenvalue weighted by atomic mass is 16.5. The molecule has 28 heavy (non-hydrogen) atoms. The fraction of sp³-hybridized carbons (Fsp3) is 0.350. The molecule has 1 aliphatic rings. The molecule has 1 N–H and O–H groups in total. The van der Waals surface area contributed by atoms with Gasteiger partial charge in [-0.15, -0.1) is 0 Å². The summed E-state index contributed by atoms with van der Waals surface area (Å²) in [5.41, 5.74) is 2.14. The largest absolute Gasteiger partial charge is 0.497 e. The average molecular weight is 380 g/mol. The molecule has 2 aromatic carbocycles. The molecule has 0 saturated carbocycles. The number of para-hydroxylation sites is 1. The fourth-order valence-corrected chi connectivity index (χ4v) is 3.40. The molecule has 1 saturated heterocycles. The molecule has 1 atom stereocenters. The van der Waals surface area contributed by atoms with Gasteiger partial charge in [0, 0.05) is 19.6 Å². The zero-order chi connectivity index (χ0) is 19.2. The van der Waals surface area contributed by atoms with Crippen LogP contribution in [0, 0.1) is 0 Å². The van der Waals surface area contributed by atoms with E-state index in [4.69, 9.17) is 9.47 Å². The summed E-state index contributed by atoms with van der Waals surface area (Å²) in [5.74, 6) is 1.48. The molecule has 1 fully saturated rings. The second-order valence-corrected chi connectivity index (χ2v) is 6.57. The van der Waals surface area contributed by atoms with Crippen molar-refractivity contribution >= 4 is 5.95 Å². The third kappa shape index (κ3) is 4.13. The Bertz CT molecular complexity index is 862. The highest BCUT2D eigenvalue weighted by molar-refractivity contribution is 5.39. The van der Waals surface area contributed by atoms with Gasteiger partial charge >= 0.3 is 0 Å². The van der Waals surface area contributed by atoms with Crippen molar-refractivity contribution in [3.8, 4) is 11.4 Å². The van der Waals surface area contributed by atoms with E-state index in [-0.39, 0.29) is 6.04 Å². The molecule has 0 unspecified atom stereocenters. The molecule has 4 rings (SSSR count). The van der Waals surface area contributed by atoms with Crippen LogP contribution >= 0.6 is 0 Å². The molecule has 1 aromatic heterocycles. The molecule has 0 bridgehead atoms. The van der Waals surface area contributed by atoms with E-state index in [9.17, 15) is 0 Å². The van der Waals surface area contributed by atoms with Crippen LogP contribution in [-0.2, 0) is 4.74 Å². The van der Waals surface area contributed by atoms with Gasteiger partial charge in [-0.25, -0.2) is 0 Å². The summed E-state index contributed by atoms with van der Waals surface area (Å²) in [5, 5.41) is 15.5. The normalized spacial score (nSPS) is 15.9. The maximum absolute atomic E-state index is 5.53. The summed E-state index contributed by atoms with van der Waals surface area (Å²) in [7, 11) is 1.68. The lowest BCUT2D eigenvalue weighted by Gasteiger charge is -2.35. The Labute approximate surface area is 164 Å². The van der Waals surface area contributed by atoms with E-state index in [0.29, 0.717) is 12.5 Å². The van der Waals surface area contributed by atoms with E-state index >= 15 is 0 Å². The molecular weight excluding hydrogens is 356 g/mol. The molecular formula is C20H24N6O2. The topological polar surface area (TPSA) is 77.3 Å². The van der Waals surface area contributed by atoms with Crippen molar-refractivity contribution in [3.05, 3.63) is 60.2 Å². The van der Waals surface area contributed by atoms with Crippen LogP contribution < -0.4 is 10.1 Å². The summed E-state index contributed by atoms with van der Waals surface area (Å²) in [4.78, 5) is 2.43. The lowest BCUT2D eigenvalue weighted by Crippen LogP contribution is -2.41. The predicted molar refractivity (Wildman–Crippen MR) is 106 cm³/mol. The monoisotopic (exact) mass is 380 g/mol.